The molecule has 1 rings (SSSR count). The van der Waals surface area contributed by atoms with Gasteiger partial charge in [0.2, 0.25) is 0 Å². The number of esters is 1. The molecule has 3 nitrogen and oxygen atoms in total. The molecule has 0 bridgehead atoms. The summed E-state index contributed by atoms with van der Waals surface area (Å²) in [5.41, 5.74) is 0.436. The molecule has 3 heteroatoms. The molecule has 2 atom stereocenters. The summed E-state index contributed by atoms with van der Waals surface area (Å²) in [6.45, 7) is 7.97. The number of ketones is 1. The molecule has 1 saturated carbocycles. The Kier molecular flexibility index (Phi) is 5.39. The van der Waals surface area contributed by atoms with E-state index in [1.54, 1.807) is 6.92 Å². The SMILES string of the molecule is C=C(C[C@H]1C(=O)CCC[C@@H]1CC)C(=O)OCC. The molecule has 1 aliphatic carbocycles. The monoisotopic (exact) mass is 238 g/mol. The lowest BCUT2D eigenvalue weighted by Gasteiger charge is -2.29. The Morgan fingerprint density at radius 3 is 2.76 bits per heavy atom. The third-order valence-corrected chi connectivity index (χ3v) is 3.54. The first-order valence-corrected chi connectivity index (χ1v) is 6.47. The van der Waals surface area contributed by atoms with Crippen molar-refractivity contribution in [2.75, 3.05) is 6.61 Å². The van der Waals surface area contributed by atoms with E-state index in [1.165, 1.54) is 0 Å². The second-order valence-corrected chi connectivity index (χ2v) is 4.66. The summed E-state index contributed by atoms with van der Waals surface area (Å²) in [5.74, 6) is 0.308. The summed E-state index contributed by atoms with van der Waals surface area (Å²) in [6, 6.07) is 0. The van der Waals surface area contributed by atoms with E-state index in [2.05, 4.69) is 13.5 Å². The molecule has 0 spiro atoms. The number of hydrogen-bond donors (Lipinski definition) is 0. The molecule has 0 radical (unpaired) electrons. The molecule has 0 aromatic carbocycles. The van der Waals surface area contributed by atoms with Crippen LogP contribution in [0, 0.1) is 11.8 Å². The zero-order chi connectivity index (χ0) is 12.8. The van der Waals surface area contributed by atoms with Crippen molar-refractivity contribution in [2.45, 2.75) is 46.0 Å². The standard InChI is InChI=1S/C14H22O3/c1-4-11-7-6-8-13(15)12(11)9-10(3)14(16)17-5-2/h11-12H,3-9H2,1-2H3/t11-,12+/m0/s1. The third kappa shape index (κ3) is 3.69. The van der Waals surface area contributed by atoms with Crippen molar-refractivity contribution in [2.24, 2.45) is 11.8 Å². The third-order valence-electron chi connectivity index (χ3n) is 3.54. The second kappa shape index (κ2) is 6.58. The molecule has 17 heavy (non-hydrogen) atoms. The zero-order valence-corrected chi connectivity index (χ0v) is 10.8. The quantitative estimate of drug-likeness (QED) is 0.546. The lowest BCUT2D eigenvalue weighted by molar-refractivity contribution is -0.139. The number of Topliss-reactive ketones (excluding diaryl/α,β-unsaturated/α-hetero) is 1. The first-order valence-electron chi connectivity index (χ1n) is 6.47. The largest absolute Gasteiger partial charge is 0.463 e. The molecule has 0 aliphatic heterocycles. The van der Waals surface area contributed by atoms with Gasteiger partial charge >= 0.3 is 5.97 Å². The van der Waals surface area contributed by atoms with Crippen molar-refractivity contribution in [3.63, 3.8) is 0 Å². The summed E-state index contributed by atoms with van der Waals surface area (Å²) in [4.78, 5) is 23.4. The average Bonchev–Trinajstić information content (AvgIpc) is 2.31. The minimum absolute atomic E-state index is 0.0225. The van der Waals surface area contributed by atoms with Crippen molar-refractivity contribution in [1.82, 2.24) is 0 Å². The smallest absolute Gasteiger partial charge is 0.333 e. The first kappa shape index (κ1) is 13.9. The van der Waals surface area contributed by atoms with Gasteiger partial charge in [0, 0.05) is 17.9 Å². The van der Waals surface area contributed by atoms with E-state index < -0.39 is 0 Å². The fourth-order valence-electron chi connectivity index (χ4n) is 2.54. The molecule has 0 unspecified atom stereocenters. The van der Waals surface area contributed by atoms with Gasteiger partial charge < -0.3 is 4.74 Å². The maximum atomic E-state index is 11.9. The van der Waals surface area contributed by atoms with Gasteiger partial charge in [0.15, 0.2) is 0 Å². The average molecular weight is 238 g/mol. The van der Waals surface area contributed by atoms with Crippen LogP contribution in [0.15, 0.2) is 12.2 Å². The molecule has 0 heterocycles. The Morgan fingerprint density at radius 2 is 2.18 bits per heavy atom. The highest BCUT2D eigenvalue weighted by Gasteiger charge is 2.31. The molecule has 0 aromatic rings. The minimum atomic E-state index is -0.360. The van der Waals surface area contributed by atoms with Gasteiger partial charge in [-0.15, -0.1) is 0 Å². The summed E-state index contributed by atoms with van der Waals surface area (Å²) in [5, 5.41) is 0. The van der Waals surface area contributed by atoms with E-state index in [9.17, 15) is 9.59 Å². The van der Waals surface area contributed by atoms with Crippen LogP contribution in [-0.4, -0.2) is 18.4 Å². The lowest BCUT2D eigenvalue weighted by Crippen LogP contribution is -2.29. The van der Waals surface area contributed by atoms with Gasteiger partial charge in [0.25, 0.3) is 0 Å². The van der Waals surface area contributed by atoms with Crippen molar-refractivity contribution >= 4 is 11.8 Å². The summed E-state index contributed by atoms with van der Waals surface area (Å²) in [6.07, 6.45) is 4.18. The molecule has 0 amide bonds. The van der Waals surface area contributed by atoms with Crippen LogP contribution in [0.2, 0.25) is 0 Å². The number of carbonyl (C=O) groups excluding carboxylic acids is 2. The van der Waals surface area contributed by atoms with Gasteiger partial charge in [0.05, 0.1) is 6.61 Å². The van der Waals surface area contributed by atoms with E-state index in [0.717, 1.165) is 19.3 Å². The fourth-order valence-corrected chi connectivity index (χ4v) is 2.54. The Morgan fingerprint density at radius 1 is 1.47 bits per heavy atom. The van der Waals surface area contributed by atoms with E-state index >= 15 is 0 Å². The van der Waals surface area contributed by atoms with E-state index in [4.69, 9.17) is 4.74 Å². The molecule has 0 N–H and O–H groups in total. The number of hydrogen-bond acceptors (Lipinski definition) is 3. The second-order valence-electron chi connectivity index (χ2n) is 4.66. The topological polar surface area (TPSA) is 43.4 Å². The highest BCUT2D eigenvalue weighted by Crippen LogP contribution is 2.33. The number of rotatable bonds is 5. The summed E-state index contributed by atoms with van der Waals surface area (Å²) in [7, 11) is 0. The van der Waals surface area contributed by atoms with Crippen molar-refractivity contribution in [3.05, 3.63) is 12.2 Å². The van der Waals surface area contributed by atoms with Crippen LogP contribution in [0.3, 0.4) is 0 Å². The van der Waals surface area contributed by atoms with Crippen LogP contribution < -0.4 is 0 Å². The fraction of sp³-hybridized carbons (Fsp3) is 0.714. The molecule has 0 saturated heterocycles. The number of ether oxygens (including phenoxy) is 1. The molecule has 1 fully saturated rings. The van der Waals surface area contributed by atoms with Gasteiger partial charge in [-0.25, -0.2) is 4.79 Å². The van der Waals surface area contributed by atoms with E-state index in [0.29, 0.717) is 30.9 Å². The lowest BCUT2D eigenvalue weighted by atomic mass is 9.74. The Labute approximate surface area is 103 Å². The Balaban J connectivity index is 2.60. The van der Waals surface area contributed by atoms with Gasteiger partial charge in [0.1, 0.15) is 5.78 Å². The number of carbonyl (C=O) groups is 2. The van der Waals surface area contributed by atoms with Gasteiger partial charge in [-0.2, -0.15) is 0 Å². The first-order chi connectivity index (χ1) is 8.10. The van der Waals surface area contributed by atoms with Crippen molar-refractivity contribution in [3.8, 4) is 0 Å². The van der Waals surface area contributed by atoms with Crippen LogP contribution in [0.4, 0.5) is 0 Å². The normalized spacial score (nSPS) is 24.5. The van der Waals surface area contributed by atoms with Crippen LogP contribution >= 0.6 is 0 Å². The van der Waals surface area contributed by atoms with Crippen LogP contribution in [0.1, 0.15) is 46.0 Å². The molecular formula is C14H22O3. The van der Waals surface area contributed by atoms with E-state index in [-0.39, 0.29) is 17.7 Å². The molecule has 0 aromatic heterocycles. The van der Waals surface area contributed by atoms with Gasteiger partial charge in [-0.3, -0.25) is 4.79 Å². The molecular weight excluding hydrogens is 216 g/mol. The van der Waals surface area contributed by atoms with Crippen molar-refractivity contribution < 1.29 is 14.3 Å². The predicted molar refractivity (Wildman–Crippen MR) is 66.5 cm³/mol. The summed E-state index contributed by atoms with van der Waals surface area (Å²) < 4.78 is 4.90. The van der Waals surface area contributed by atoms with Crippen LogP contribution in [-0.2, 0) is 14.3 Å². The summed E-state index contributed by atoms with van der Waals surface area (Å²) >= 11 is 0. The predicted octanol–water partition coefficient (Wildman–Crippen LogP) is 2.89. The van der Waals surface area contributed by atoms with Gasteiger partial charge in [-0.05, 0) is 32.1 Å². The van der Waals surface area contributed by atoms with Crippen LogP contribution in [0.25, 0.3) is 0 Å². The minimum Gasteiger partial charge on any atom is -0.463 e. The maximum absolute atomic E-state index is 11.9. The highest BCUT2D eigenvalue weighted by atomic mass is 16.5. The molecule has 1 aliphatic rings. The highest BCUT2D eigenvalue weighted by molar-refractivity contribution is 5.90. The maximum Gasteiger partial charge on any atom is 0.333 e. The molecule has 96 valence electrons. The zero-order valence-electron chi connectivity index (χ0n) is 10.8. The Hall–Kier alpha value is -1.12. The van der Waals surface area contributed by atoms with Crippen LogP contribution in [0.5, 0.6) is 0 Å². The Bertz CT molecular complexity index is 307. The van der Waals surface area contributed by atoms with E-state index in [1.807, 2.05) is 0 Å². The van der Waals surface area contributed by atoms with Gasteiger partial charge in [-0.1, -0.05) is 19.9 Å². The van der Waals surface area contributed by atoms with Crippen molar-refractivity contribution in [1.29, 1.82) is 0 Å².